The lowest BCUT2D eigenvalue weighted by Gasteiger charge is -2.08. The van der Waals surface area contributed by atoms with Crippen molar-refractivity contribution in [3.8, 4) is 16.3 Å². The van der Waals surface area contributed by atoms with Crippen LogP contribution in [0.5, 0.6) is 5.75 Å². The molecule has 0 bridgehead atoms. The van der Waals surface area contributed by atoms with Crippen molar-refractivity contribution in [2.45, 2.75) is 0 Å². The highest BCUT2D eigenvalue weighted by atomic mass is 79.9. The summed E-state index contributed by atoms with van der Waals surface area (Å²) in [6.07, 6.45) is 1.56. The zero-order valence-corrected chi connectivity index (χ0v) is 15.7. The Bertz CT molecular complexity index is 1010. The zero-order valence-electron chi connectivity index (χ0n) is 13.3. The second kappa shape index (κ2) is 7.22. The fourth-order valence-electron chi connectivity index (χ4n) is 2.25. The molecule has 1 N–H and O–H groups in total. The molecule has 7 nitrogen and oxygen atoms in total. The molecular weight excluding hydrogens is 418 g/mol. The van der Waals surface area contributed by atoms with Gasteiger partial charge < -0.3 is 10.1 Å². The van der Waals surface area contributed by atoms with Gasteiger partial charge in [-0.05, 0) is 48.5 Å². The van der Waals surface area contributed by atoms with Gasteiger partial charge >= 0.3 is 0 Å². The van der Waals surface area contributed by atoms with Crippen LogP contribution in [-0.2, 0) is 4.79 Å². The number of carbonyl (C=O) groups is 1. The summed E-state index contributed by atoms with van der Waals surface area (Å²) in [5.74, 6) is 0.418. The van der Waals surface area contributed by atoms with E-state index in [2.05, 4.69) is 36.5 Å². The highest BCUT2D eigenvalue weighted by molar-refractivity contribution is 9.10. The van der Waals surface area contributed by atoms with Crippen LogP contribution in [0, 0.1) is 0 Å². The Balaban J connectivity index is 1.36. The van der Waals surface area contributed by atoms with Crippen molar-refractivity contribution in [3.63, 3.8) is 0 Å². The monoisotopic (exact) mass is 429 g/mol. The molecule has 0 saturated carbocycles. The second-order valence-electron chi connectivity index (χ2n) is 5.33. The summed E-state index contributed by atoms with van der Waals surface area (Å²) in [5.41, 5.74) is 1.64. The molecule has 0 aliphatic rings. The maximum absolute atomic E-state index is 12.0. The van der Waals surface area contributed by atoms with Gasteiger partial charge in [0.25, 0.3) is 5.91 Å². The number of carbonyl (C=O) groups excluding carboxylic acids is 1. The first-order chi connectivity index (χ1) is 12.7. The number of halogens is 1. The predicted octanol–water partition coefficient (Wildman–Crippen LogP) is 3.63. The molecule has 0 unspecified atom stereocenters. The molecule has 0 saturated heterocycles. The van der Waals surface area contributed by atoms with Gasteiger partial charge in [-0.3, -0.25) is 4.79 Å². The summed E-state index contributed by atoms with van der Waals surface area (Å²) in [6, 6.07) is 14.8. The molecule has 0 aliphatic heterocycles. The molecule has 2 aromatic heterocycles. The summed E-state index contributed by atoms with van der Waals surface area (Å²) in [5, 5.41) is 15.8. The van der Waals surface area contributed by atoms with Gasteiger partial charge in [0, 0.05) is 15.7 Å². The minimum atomic E-state index is -0.223. The SMILES string of the molecule is O=C(COc1ccc(Br)cc1)Nc1ccc(-c2nn3cnnc3s2)cc1. The van der Waals surface area contributed by atoms with Crippen LogP contribution in [0.4, 0.5) is 5.69 Å². The van der Waals surface area contributed by atoms with Crippen molar-refractivity contribution in [1.82, 2.24) is 19.8 Å². The Morgan fingerprint density at radius 1 is 1.15 bits per heavy atom. The van der Waals surface area contributed by atoms with E-state index in [-0.39, 0.29) is 12.5 Å². The summed E-state index contributed by atoms with van der Waals surface area (Å²) in [7, 11) is 0. The number of benzene rings is 2. The first-order valence-corrected chi connectivity index (χ1v) is 9.24. The number of nitrogens with zero attached hydrogens (tertiary/aromatic N) is 4. The number of aromatic nitrogens is 4. The van der Waals surface area contributed by atoms with Crippen LogP contribution in [0.15, 0.2) is 59.3 Å². The van der Waals surface area contributed by atoms with Crippen LogP contribution >= 0.6 is 27.3 Å². The van der Waals surface area contributed by atoms with Crippen molar-refractivity contribution in [2.24, 2.45) is 0 Å². The lowest BCUT2D eigenvalue weighted by molar-refractivity contribution is -0.118. The van der Waals surface area contributed by atoms with Crippen LogP contribution in [0.3, 0.4) is 0 Å². The average molecular weight is 430 g/mol. The third kappa shape index (κ3) is 3.73. The number of anilines is 1. The van der Waals surface area contributed by atoms with Crippen LogP contribution < -0.4 is 10.1 Å². The van der Waals surface area contributed by atoms with E-state index in [9.17, 15) is 4.79 Å². The first-order valence-electron chi connectivity index (χ1n) is 7.63. The minimum Gasteiger partial charge on any atom is -0.484 e. The smallest absolute Gasteiger partial charge is 0.262 e. The molecule has 4 rings (SSSR count). The summed E-state index contributed by atoms with van der Waals surface area (Å²) >= 11 is 4.80. The number of rotatable bonds is 5. The molecule has 0 spiro atoms. The molecule has 2 heterocycles. The number of ether oxygens (including phenoxy) is 1. The normalized spacial score (nSPS) is 10.8. The maximum atomic E-state index is 12.0. The van der Waals surface area contributed by atoms with E-state index in [1.807, 2.05) is 36.4 Å². The molecule has 26 heavy (non-hydrogen) atoms. The average Bonchev–Trinajstić information content (AvgIpc) is 3.24. The van der Waals surface area contributed by atoms with Gasteiger partial charge in [-0.25, -0.2) is 0 Å². The molecule has 130 valence electrons. The molecular formula is C17H12BrN5O2S. The van der Waals surface area contributed by atoms with E-state index in [4.69, 9.17) is 4.74 Å². The number of hydrogen-bond donors (Lipinski definition) is 1. The van der Waals surface area contributed by atoms with Crippen molar-refractivity contribution < 1.29 is 9.53 Å². The largest absolute Gasteiger partial charge is 0.484 e. The number of hydrogen-bond acceptors (Lipinski definition) is 6. The van der Waals surface area contributed by atoms with E-state index in [0.717, 1.165) is 20.0 Å². The summed E-state index contributed by atoms with van der Waals surface area (Å²) in [6.45, 7) is -0.0555. The lowest BCUT2D eigenvalue weighted by Crippen LogP contribution is -2.20. The molecule has 2 aromatic carbocycles. The topological polar surface area (TPSA) is 81.4 Å². The predicted molar refractivity (Wildman–Crippen MR) is 102 cm³/mol. The summed E-state index contributed by atoms with van der Waals surface area (Å²) < 4.78 is 8.05. The molecule has 9 heteroatoms. The highest BCUT2D eigenvalue weighted by Gasteiger charge is 2.09. The van der Waals surface area contributed by atoms with Crippen molar-refractivity contribution in [3.05, 3.63) is 59.3 Å². The fourth-order valence-corrected chi connectivity index (χ4v) is 3.34. The van der Waals surface area contributed by atoms with Crippen LogP contribution in [0.25, 0.3) is 15.5 Å². The van der Waals surface area contributed by atoms with E-state index < -0.39 is 0 Å². The second-order valence-corrected chi connectivity index (χ2v) is 7.21. The summed E-state index contributed by atoms with van der Waals surface area (Å²) in [4.78, 5) is 12.8. The van der Waals surface area contributed by atoms with E-state index >= 15 is 0 Å². The Morgan fingerprint density at radius 2 is 1.92 bits per heavy atom. The van der Waals surface area contributed by atoms with Gasteiger partial charge in [0.05, 0.1) is 0 Å². The molecule has 0 aliphatic carbocycles. The number of nitrogens with one attached hydrogen (secondary N) is 1. The molecule has 0 fully saturated rings. The molecule has 4 aromatic rings. The molecule has 1 amide bonds. The Morgan fingerprint density at radius 3 is 2.65 bits per heavy atom. The van der Waals surface area contributed by atoms with Gasteiger partial charge in [0.1, 0.15) is 17.1 Å². The van der Waals surface area contributed by atoms with E-state index in [1.54, 1.807) is 23.0 Å². The first kappa shape index (κ1) is 16.7. The van der Waals surface area contributed by atoms with Gasteiger partial charge in [-0.15, -0.1) is 10.2 Å². The van der Waals surface area contributed by atoms with E-state index in [0.29, 0.717) is 11.4 Å². The molecule has 0 atom stereocenters. The van der Waals surface area contributed by atoms with Crippen molar-refractivity contribution in [1.29, 1.82) is 0 Å². The van der Waals surface area contributed by atoms with Crippen LogP contribution in [0.2, 0.25) is 0 Å². The van der Waals surface area contributed by atoms with Crippen molar-refractivity contribution >= 4 is 43.8 Å². The third-order valence-electron chi connectivity index (χ3n) is 3.49. The Kier molecular flexibility index (Phi) is 4.63. The Labute approximate surface area is 160 Å². The number of fused-ring (bicyclic) bond motifs is 1. The standard InChI is InChI=1S/C17H12BrN5O2S/c18-12-3-7-14(8-4-12)25-9-15(24)20-13-5-1-11(2-6-13)16-22-23-10-19-21-17(23)26-16/h1-8,10H,9H2,(H,20,24). The maximum Gasteiger partial charge on any atom is 0.262 e. The van der Waals surface area contributed by atoms with Crippen molar-refractivity contribution in [2.75, 3.05) is 11.9 Å². The third-order valence-corrected chi connectivity index (χ3v) is 4.98. The van der Waals surface area contributed by atoms with E-state index in [1.165, 1.54) is 11.3 Å². The highest BCUT2D eigenvalue weighted by Crippen LogP contribution is 2.25. The fraction of sp³-hybridized carbons (Fsp3) is 0.0588. The van der Waals surface area contributed by atoms with Gasteiger partial charge in [-0.1, -0.05) is 27.3 Å². The van der Waals surface area contributed by atoms with Gasteiger partial charge in [0.2, 0.25) is 4.96 Å². The van der Waals surface area contributed by atoms with Gasteiger partial charge in [-0.2, -0.15) is 9.61 Å². The van der Waals surface area contributed by atoms with Crippen LogP contribution in [-0.4, -0.2) is 32.3 Å². The lowest BCUT2D eigenvalue weighted by atomic mass is 10.2. The van der Waals surface area contributed by atoms with Gasteiger partial charge in [0.15, 0.2) is 6.61 Å². The zero-order chi connectivity index (χ0) is 17.9. The van der Waals surface area contributed by atoms with Crippen LogP contribution in [0.1, 0.15) is 0 Å². The Hall–Kier alpha value is -2.78. The number of amides is 1. The minimum absolute atomic E-state index is 0.0555. The molecule has 0 radical (unpaired) electrons. The quantitative estimate of drug-likeness (QED) is 0.523.